The fraction of sp³-hybridized carbons (Fsp3) is 0.118. The number of fused-ring (bicyclic) bond motifs is 1. The molecule has 2 aromatic heterocycles. The monoisotopic (exact) mass is 289 g/mol. The number of benzene rings is 1. The summed E-state index contributed by atoms with van der Waals surface area (Å²) in [6.45, 7) is 2.13. The van der Waals surface area contributed by atoms with Gasteiger partial charge in [-0.2, -0.15) is 0 Å². The van der Waals surface area contributed by atoms with Crippen molar-refractivity contribution in [3.05, 3.63) is 67.1 Å². The molecule has 0 spiro atoms. The van der Waals surface area contributed by atoms with Crippen molar-refractivity contribution in [1.82, 2.24) is 15.0 Å². The summed E-state index contributed by atoms with van der Waals surface area (Å²) in [5, 5.41) is 0. The average Bonchev–Trinajstić information content (AvgIpc) is 2.88. The Bertz CT molecular complexity index is 709. The summed E-state index contributed by atoms with van der Waals surface area (Å²) < 4.78 is 0. The summed E-state index contributed by atoms with van der Waals surface area (Å²) >= 11 is 0. The van der Waals surface area contributed by atoms with Crippen LogP contribution in [0.25, 0.3) is 0 Å². The van der Waals surface area contributed by atoms with Gasteiger partial charge in [0.15, 0.2) is 11.6 Å². The van der Waals surface area contributed by atoms with Gasteiger partial charge in [0.05, 0.1) is 0 Å². The Kier molecular flexibility index (Phi) is 2.96. The number of nitrogens with zero attached hydrogens (tertiary/aromatic N) is 5. The predicted octanol–water partition coefficient (Wildman–Crippen LogP) is 3.51. The standard InChI is InChI=1S/C17H15N5/c1-13-21(14-7-3-2-4-8-14)16-17(20-12-11-19-16)22(13)15-9-5-6-10-18-15/h2-13H,1H3. The third kappa shape index (κ3) is 1.90. The Hall–Kier alpha value is -2.95. The maximum absolute atomic E-state index is 4.54. The minimum Gasteiger partial charge on any atom is -0.302 e. The molecule has 1 unspecified atom stereocenters. The van der Waals surface area contributed by atoms with E-state index in [9.17, 15) is 0 Å². The van der Waals surface area contributed by atoms with Gasteiger partial charge in [-0.05, 0) is 31.2 Å². The number of pyridine rings is 1. The Morgan fingerprint density at radius 1 is 0.727 bits per heavy atom. The molecule has 0 fully saturated rings. The van der Waals surface area contributed by atoms with E-state index in [1.54, 1.807) is 18.6 Å². The van der Waals surface area contributed by atoms with Crippen molar-refractivity contribution in [1.29, 1.82) is 0 Å². The zero-order valence-electron chi connectivity index (χ0n) is 12.2. The third-order valence-electron chi connectivity index (χ3n) is 3.79. The number of anilines is 4. The van der Waals surface area contributed by atoms with Crippen LogP contribution < -0.4 is 9.80 Å². The summed E-state index contributed by atoms with van der Waals surface area (Å²) in [5.74, 6) is 2.56. The van der Waals surface area contributed by atoms with Gasteiger partial charge in [-0.15, -0.1) is 0 Å². The molecular formula is C17H15N5. The predicted molar refractivity (Wildman–Crippen MR) is 86.5 cm³/mol. The van der Waals surface area contributed by atoms with Crippen LogP contribution in [0.3, 0.4) is 0 Å². The molecule has 5 nitrogen and oxygen atoms in total. The molecule has 3 heterocycles. The minimum absolute atomic E-state index is 0.0506. The molecule has 1 atom stereocenters. The lowest BCUT2D eigenvalue weighted by Gasteiger charge is -2.28. The fourth-order valence-corrected chi connectivity index (χ4v) is 2.86. The van der Waals surface area contributed by atoms with Crippen molar-refractivity contribution in [3.8, 4) is 0 Å². The van der Waals surface area contributed by atoms with E-state index >= 15 is 0 Å². The third-order valence-corrected chi connectivity index (χ3v) is 3.79. The second-order valence-corrected chi connectivity index (χ2v) is 5.10. The Morgan fingerprint density at radius 3 is 2.09 bits per heavy atom. The first-order valence-electron chi connectivity index (χ1n) is 7.22. The molecule has 1 aromatic carbocycles. The SMILES string of the molecule is CC1N(c2ccccc2)c2nccnc2N1c1ccccn1. The number of aromatic nitrogens is 3. The Labute approximate surface area is 128 Å². The van der Waals surface area contributed by atoms with Crippen molar-refractivity contribution < 1.29 is 0 Å². The van der Waals surface area contributed by atoms with Crippen molar-refractivity contribution in [2.75, 3.05) is 9.80 Å². The molecule has 0 bridgehead atoms. The van der Waals surface area contributed by atoms with Crippen LogP contribution in [0.5, 0.6) is 0 Å². The van der Waals surface area contributed by atoms with E-state index in [0.29, 0.717) is 0 Å². The van der Waals surface area contributed by atoms with Crippen LogP contribution in [-0.2, 0) is 0 Å². The van der Waals surface area contributed by atoms with Crippen LogP contribution in [-0.4, -0.2) is 21.1 Å². The number of hydrogen-bond donors (Lipinski definition) is 0. The molecule has 0 saturated carbocycles. The van der Waals surface area contributed by atoms with E-state index in [4.69, 9.17) is 0 Å². The smallest absolute Gasteiger partial charge is 0.179 e. The van der Waals surface area contributed by atoms with Gasteiger partial charge >= 0.3 is 0 Å². The van der Waals surface area contributed by atoms with Gasteiger partial charge in [0.25, 0.3) is 0 Å². The minimum atomic E-state index is 0.0506. The van der Waals surface area contributed by atoms with E-state index in [1.165, 1.54) is 0 Å². The Balaban J connectivity index is 1.87. The molecule has 0 N–H and O–H groups in total. The highest BCUT2D eigenvalue weighted by Gasteiger charge is 2.37. The van der Waals surface area contributed by atoms with Crippen molar-refractivity contribution in [2.24, 2.45) is 0 Å². The molecule has 5 heteroatoms. The summed E-state index contributed by atoms with van der Waals surface area (Å²) in [6, 6.07) is 16.1. The summed E-state index contributed by atoms with van der Waals surface area (Å²) in [5.41, 5.74) is 1.09. The summed E-state index contributed by atoms with van der Waals surface area (Å²) in [6.07, 6.45) is 5.29. The largest absolute Gasteiger partial charge is 0.302 e. The first kappa shape index (κ1) is 12.8. The first-order valence-corrected chi connectivity index (χ1v) is 7.22. The maximum Gasteiger partial charge on any atom is 0.179 e. The molecule has 0 aliphatic carbocycles. The lowest BCUT2D eigenvalue weighted by atomic mass is 10.3. The topological polar surface area (TPSA) is 45.2 Å². The van der Waals surface area contributed by atoms with Gasteiger partial charge in [0, 0.05) is 24.3 Å². The van der Waals surface area contributed by atoms with E-state index in [2.05, 4.69) is 43.8 Å². The summed E-state index contributed by atoms with van der Waals surface area (Å²) in [7, 11) is 0. The number of para-hydroxylation sites is 1. The van der Waals surface area contributed by atoms with E-state index in [0.717, 1.165) is 23.1 Å². The molecule has 108 valence electrons. The zero-order chi connectivity index (χ0) is 14.9. The van der Waals surface area contributed by atoms with Crippen LogP contribution in [0.15, 0.2) is 67.1 Å². The highest BCUT2D eigenvalue weighted by molar-refractivity contribution is 5.81. The van der Waals surface area contributed by atoms with Gasteiger partial charge in [-0.1, -0.05) is 24.3 Å². The second-order valence-electron chi connectivity index (χ2n) is 5.10. The van der Waals surface area contributed by atoms with Gasteiger partial charge in [0.1, 0.15) is 12.0 Å². The molecule has 0 radical (unpaired) electrons. The molecule has 0 amide bonds. The maximum atomic E-state index is 4.54. The normalized spacial score (nSPS) is 16.7. The molecule has 22 heavy (non-hydrogen) atoms. The van der Waals surface area contributed by atoms with Crippen molar-refractivity contribution in [2.45, 2.75) is 13.1 Å². The molecule has 1 aliphatic rings. The molecule has 1 aliphatic heterocycles. The van der Waals surface area contributed by atoms with Crippen LogP contribution >= 0.6 is 0 Å². The van der Waals surface area contributed by atoms with Crippen LogP contribution in [0, 0.1) is 0 Å². The average molecular weight is 289 g/mol. The van der Waals surface area contributed by atoms with Crippen molar-refractivity contribution >= 4 is 23.1 Å². The molecular weight excluding hydrogens is 274 g/mol. The Morgan fingerprint density at radius 2 is 1.41 bits per heavy atom. The van der Waals surface area contributed by atoms with Gasteiger partial charge in [0.2, 0.25) is 0 Å². The van der Waals surface area contributed by atoms with E-state index in [-0.39, 0.29) is 6.17 Å². The summed E-state index contributed by atoms with van der Waals surface area (Å²) in [4.78, 5) is 17.8. The van der Waals surface area contributed by atoms with E-state index in [1.807, 2.05) is 36.4 Å². The van der Waals surface area contributed by atoms with Crippen LogP contribution in [0.2, 0.25) is 0 Å². The van der Waals surface area contributed by atoms with Crippen molar-refractivity contribution in [3.63, 3.8) is 0 Å². The van der Waals surface area contributed by atoms with Gasteiger partial charge in [-0.3, -0.25) is 4.90 Å². The number of rotatable bonds is 2. The fourth-order valence-electron chi connectivity index (χ4n) is 2.86. The highest BCUT2D eigenvalue weighted by Crippen LogP contribution is 2.43. The van der Waals surface area contributed by atoms with Crippen LogP contribution in [0.1, 0.15) is 6.92 Å². The second kappa shape index (κ2) is 5.11. The number of hydrogen-bond acceptors (Lipinski definition) is 5. The molecule has 0 saturated heterocycles. The molecule has 3 aromatic rings. The van der Waals surface area contributed by atoms with E-state index < -0.39 is 0 Å². The van der Waals surface area contributed by atoms with Gasteiger partial charge in [-0.25, -0.2) is 15.0 Å². The highest BCUT2D eigenvalue weighted by atomic mass is 15.5. The molecule has 4 rings (SSSR count). The first-order chi connectivity index (χ1) is 10.9. The zero-order valence-corrected chi connectivity index (χ0v) is 12.2. The van der Waals surface area contributed by atoms with Gasteiger partial charge < -0.3 is 4.90 Å². The quantitative estimate of drug-likeness (QED) is 0.722. The lowest BCUT2D eigenvalue weighted by molar-refractivity contribution is 0.746. The van der Waals surface area contributed by atoms with Crippen LogP contribution in [0.4, 0.5) is 23.1 Å². The lowest BCUT2D eigenvalue weighted by Crippen LogP contribution is -2.36.